The van der Waals surface area contributed by atoms with E-state index in [1.165, 1.54) is 5.56 Å². The first-order valence-electron chi connectivity index (χ1n) is 7.89. The number of hydrogen-bond acceptors (Lipinski definition) is 5. The van der Waals surface area contributed by atoms with Crippen molar-refractivity contribution in [1.29, 1.82) is 0 Å². The van der Waals surface area contributed by atoms with E-state index in [0.717, 1.165) is 25.1 Å². The number of ether oxygens (including phenoxy) is 2. The highest BCUT2D eigenvalue weighted by Crippen LogP contribution is 2.29. The molecule has 0 aliphatic carbocycles. The summed E-state index contributed by atoms with van der Waals surface area (Å²) in [5, 5.41) is 0. The molecule has 1 fully saturated rings. The van der Waals surface area contributed by atoms with Gasteiger partial charge in [-0.1, -0.05) is 12.1 Å². The predicted molar refractivity (Wildman–Crippen MR) is 88.7 cm³/mol. The van der Waals surface area contributed by atoms with Crippen LogP contribution < -0.4 is 4.72 Å². The van der Waals surface area contributed by atoms with E-state index in [1.807, 2.05) is 25.2 Å². The van der Waals surface area contributed by atoms with Crippen molar-refractivity contribution in [3.05, 3.63) is 29.3 Å². The number of rotatable bonds is 6. The Bertz CT molecular complexity index is 656. The van der Waals surface area contributed by atoms with Crippen molar-refractivity contribution in [2.24, 2.45) is 5.92 Å². The zero-order valence-corrected chi connectivity index (χ0v) is 14.4. The Labute approximate surface area is 137 Å². The molecule has 0 radical (unpaired) electrons. The van der Waals surface area contributed by atoms with Crippen LogP contribution in [0.3, 0.4) is 0 Å². The van der Waals surface area contributed by atoms with E-state index < -0.39 is 10.0 Å². The van der Waals surface area contributed by atoms with Crippen LogP contribution in [0.25, 0.3) is 0 Å². The van der Waals surface area contributed by atoms with Crippen LogP contribution >= 0.6 is 0 Å². The fourth-order valence-electron chi connectivity index (χ4n) is 3.35. The molecule has 3 rings (SSSR count). The first kappa shape index (κ1) is 16.7. The lowest BCUT2D eigenvalue weighted by Gasteiger charge is -2.21. The van der Waals surface area contributed by atoms with Crippen LogP contribution in [-0.2, 0) is 32.6 Å². The first-order valence-corrected chi connectivity index (χ1v) is 9.54. The summed E-state index contributed by atoms with van der Waals surface area (Å²) in [6, 6.07) is 5.77. The Morgan fingerprint density at radius 3 is 2.96 bits per heavy atom. The second kappa shape index (κ2) is 6.76. The number of nitrogens with one attached hydrogen (secondary N) is 1. The van der Waals surface area contributed by atoms with E-state index in [2.05, 4.69) is 9.62 Å². The maximum absolute atomic E-state index is 12.6. The summed E-state index contributed by atoms with van der Waals surface area (Å²) in [6.45, 7) is 2.86. The minimum absolute atomic E-state index is 0.0446. The highest BCUT2D eigenvalue weighted by Gasteiger charge is 2.30. The van der Waals surface area contributed by atoms with Crippen molar-refractivity contribution in [1.82, 2.24) is 4.90 Å². The monoisotopic (exact) mass is 340 g/mol. The highest BCUT2D eigenvalue weighted by molar-refractivity contribution is 7.92. The van der Waals surface area contributed by atoms with E-state index >= 15 is 0 Å². The lowest BCUT2D eigenvalue weighted by molar-refractivity contribution is 0.0612. The molecule has 2 heterocycles. The number of fused-ring (bicyclic) bond motifs is 1. The third-order valence-corrected chi connectivity index (χ3v) is 5.88. The zero-order chi connectivity index (χ0) is 16.4. The molecule has 0 bridgehead atoms. The molecule has 0 saturated carbocycles. The number of benzene rings is 1. The van der Waals surface area contributed by atoms with Crippen molar-refractivity contribution < 1.29 is 17.9 Å². The van der Waals surface area contributed by atoms with E-state index in [9.17, 15) is 8.42 Å². The van der Waals surface area contributed by atoms with Gasteiger partial charge in [0.25, 0.3) is 0 Å². The van der Waals surface area contributed by atoms with Crippen molar-refractivity contribution in [3.63, 3.8) is 0 Å². The minimum Gasteiger partial charge on any atom is -0.381 e. The third-order valence-electron chi connectivity index (χ3n) is 4.58. The molecule has 2 atom stereocenters. The van der Waals surface area contributed by atoms with Gasteiger partial charge < -0.3 is 9.47 Å². The van der Waals surface area contributed by atoms with Crippen LogP contribution in [0, 0.1) is 5.92 Å². The Kier molecular flexibility index (Phi) is 4.91. The first-order chi connectivity index (χ1) is 11.0. The van der Waals surface area contributed by atoms with E-state index in [0.29, 0.717) is 18.9 Å². The summed E-state index contributed by atoms with van der Waals surface area (Å²) in [4.78, 5) is 2.16. The Morgan fingerprint density at radius 2 is 2.26 bits per heavy atom. The summed E-state index contributed by atoms with van der Waals surface area (Å²) >= 11 is 0. The highest BCUT2D eigenvalue weighted by atomic mass is 32.2. The molecule has 0 amide bonds. The summed E-state index contributed by atoms with van der Waals surface area (Å²) in [7, 11) is 0.119. The summed E-state index contributed by atoms with van der Waals surface area (Å²) in [6.07, 6.45) is 0.508. The van der Waals surface area contributed by atoms with E-state index in [-0.39, 0.29) is 17.8 Å². The fourth-order valence-corrected chi connectivity index (χ4v) is 4.80. The molecular weight excluding hydrogens is 316 g/mol. The second-order valence-corrected chi connectivity index (χ2v) is 8.16. The normalized spacial score (nSPS) is 23.0. The lowest BCUT2D eigenvalue weighted by atomic mass is 10.0. The fraction of sp³-hybridized carbons (Fsp3) is 0.625. The van der Waals surface area contributed by atoms with Crippen LogP contribution in [0.2, 0.25) is 0 Å². The van der Waals surface area contributed by atoms with Crippen LogP contribution in [0.1, 0.15) is 17.5 Å². The smallest absolute Gasteiger partial charge is 0.235 e. The van der Waals surface area contributed by atoms with E-state index in [1.54, 1.807) is 7.11 Å². The molecule has 2 aliphatic rings. The Morgan fingerprint density at radius 1 is 1.43 bits per heavy atom. The average molecular weight is 340 g/mol. The Balaban J connectivity index is 1.73. The molecule has 2 aliphatic heterocycles. The van der Waals surface area contributed by atoms with Crippen molar-refractivity contribution >= 4 is 15.7 Å². The maximum atomic E-state index is 12.6. The summed E-state index contributed by atoms with van der Waals surface area (Å²) < 4.78 is 38.6. The molecule has 23 heavy (non-hydrogen) atoms. The van der Waals surface area contributed by atoms with Gasteiger partial charge in [0.2, 0.25) is 10.0 Å². The lowest BCUT2D eigenvalue weighted by Crippen LogP contribution is -2.34. The average Bonchev–Trinajstić information content (AvgIpc) is 3.13. The van der Waals surface area contributed by atoms with Crippen molar-refractivity contribution in [3.8, 4) is 0 Å². The number of hydrogen-bond donors (Lipinski definition) is 1. The molecule has 1 aromatic carbocycles. The molecule has 6 nitrogen and oxygen atoms in total. The third kappa shape index (κ3) is 3.85. The van der Waals surface area contributed by atoms with Crippen molar-refractivity contribution in [2.75, 3.05) is 37.8 Å². The molecule has 2 unspecified atom stereocenters. The van der Waals surface area contributed by atoms with Gasteiger partial charge in [0.15, 0.2) is 0 Å². The quantitative estimate of drug-likeness (QED) is 0.848. The van der Waals surface area contributed by atoms with Gasteiger partial charge in [-0.2, -0.15) is 0 Å². The van der Waals surface area contributed by atoms with Crippen LogP contribution in [0.5, 0.6) is 0 Å². The van der Waals surface area contributed by atoms with Crippen LogP contribution in [-0.4, -0.2) is 52.5 Å². The van der Waals surface area contributed by atoms with Gasteiger partial charge in [-0.3, -0.25) is 9.62 Å². The maximum Gasteiger partial charge on any atom is 0.235 e. The SMILES string of the molecule is COC(CS(=O)(=O)Nc1cccc2c1CN(C)C2)C1CCOC1. The molecule has 0 spiro atoms. The second-order valence-electron chi connectivity index (χ2n) is 6.40. The Hall–Kier alpha value is -1.15. The van der Waals surface area contributed by atoms with Gasteiger partial charge in [-0.15, -0.1) is 0 Å². The minimum atomic E-state index is -3.47. The van der Waals surface area contributed by atoms with Gasteiger partial charge in [0.05, 0.1) is 24.2 Å². The summed E-state index contributed by atoms with van der Waals surface area (Å²) in [5.41, 5.74) is 2.93. The molecule has 1 aromatic rings. The molecular formula is C16H24N2O4S. The molecule has 1 saturated heterocycles. The number of sulfonamides is 1. The van der Waals surface area contributed by atoms with Gasteiger partial charge in [0, 0.05) is 32.7 Å². The van der Waals surface area contributed by atoms with Gasteiger partial charge >= 0.3 is 0 Å². The molecule has 1 N–H and O–H groups in total. The van der Waals surface area contributed by atoms with Gasteiger partial charge in [-0.05, 0) is 30.7 Å². The van der Waals surface area contributed by atoms with E-state index in [4.69, 9.17) is 9.47 Å². The number of anilines is 1. The zero-order valence-electron chi connectivity index (χ0n) is 13.6. The molecule has 128 valence electrons. The number of methoxy groups -OCH3 is 1. The van der Waals surface area contributed by atoms with Crippen LogP contribution in [0.15, 0.2) is 18.2 Å². The van der Waals surface area contributed by atoms with Crippen LogP contribution in [0.4, 0.5) is 5.69 Å². The molecule has 0 aromatic heterocycles. The summed E-state index contributed by atoms with van der Waals surface area (Å²) in [5.74, 6) is 0.0982. The largest absolute Gasteiger partial charge is 0.381 e. The standard InChI is InChI=1S/C16H24N2O4S/c1-18-8-12-4-3-5-15(14(12)9-18)17-23(19,20)11-16(21-2)13-6-7-22-10-13/h3-5,13,16-17H,6-11H2,1-2H3. The molecule has 7 heteroatoms. The van der Waals surface area contributed by atoms with Crippen molar-refractivity contribution in [2.45, 2.75) is 25.6 Å². The van der Waals surface area contributed by atoms with Gasteiger partial charge in [-0.25, -0.2) is 8.42 Å². The van der Waals surface area contributed by atoms with Gasteiger partial charge in [0.1, 0.15) is 0 Å². The topological polar surface area (TPSA) is 67.9 Å². The predicted octanol–water partition coefficient (Wildman–Crippen LogP) is 1.43. The number of nitrogens with zero attached hydrogens (tertiary/aromatic N) is 1.